The zero-order chi connectivity index (χ0) is 15.0. The van der Waals surface area contributed by atoms with E-state index in [0.717, 1.165) is 24.9 Å². The van der Waals surface area contributed by atoms with E-state index in [2.05, 4.69) is 15.9 Å². The molecule has 4 nitrogen and oxygen atoms in total. The first-order valence-electron chi connectivity index (χ1n) is 7.14. The van der Waals surface area contributed by atoms with Crippen molar-refractivity contribution in [3.8, 4) is 0 Å². The molecule has 2 aliphatic heterocycles. The molecule has 2 heterocycles. The number of nitrogens with zero attached hydrogens (tertiary/aromatic N) is 2. The lowest BCUT2D eigenvalue weighted by atomic mass is 10.0. The van der Waals surface area contributed by atoms with E-state index in [0.29, 0.717) is 29.0 Å². The van der Waals surface area contributed by atoms with Crippen molar-refractivity contribution in [2.45, 2.75) is 31.7 Å². The Balaban J connectivity index is 1.97. The monoisotopic (exact) mass is 370 g/mol. The Hall–Kier alpha value is -1.07. The maximum atomic E-state index is 12.9. The van der Waals surface area contributed by atoms with Crippen molar-refractivity contribution in [3.05, 3.63) is 27.7 Å². The highest BCUT2D eigenvalue weighted by Gasteiger charge is 2.38. The quantitative estimate of drug-likeness (QED) is 0.760. The minimum atomic E-state index is -0.320. The number of fused-ring (bicyclic) bond motifs is 1. The standard InChI is InChI=1S/C15H16BrClN2O2/c16-14-10(17)4-3-6-11(14)19-9-7-13(20)18-8-2-1-5-12(18)15(19)21/h3-4,6,12H,1-2,5,7-9H2. The Bertz CT molecular complexity index is 593. The SMILES string of the molecule is O=C1C2CCCCN2C(=O)CCN1c1cccc(Cl)c1Br. The van der Waals surface area contributed by atoms with Crippen molar-refractivity contribution in [2.24, 2.45) is 0 Å². The molecule has 1 atom stereocenters. The molecule has 0 spiro atoms. The predicted molar refractivity (Wildman–Crippen MR) is 85.5 cm³/mol. The number of halogens is 2. The summed E-state index contributed by atoms with van der Waals surface area (Å²) in [6.07, 6.45) is 3.08. The van der Waals surface area contributed by atoms with Gasteiger partial charge in [0.25, 0.3) is 0 Å². The molecule has 0 bridgehead atoms. The van der Waals surface area contributed by atoms with Gasteiger partial charge in [0.15, 0.2) is 0 Å². The molecule has 6 heteroatoms. The second-order valence-corrected chi connectivity index (χ2v) is 6.61. The average Bonchev–Trinajstić information content (AvgIpc) is 2.62. The summed E-state index contributed by atoms with van der Waals surface area (Å²) in [4.78, 5) is 28.5. The smallest absolute Gasteiger partial charge is 0.249 e. The van der Waals surface area contributed by atoms with Gasteiger partial charge >= 0.3 is 0 Å². The highest BCUT2D eigenvalue weighted by atomic mass is 79.9. The Morgan fingerprint density at radius 1 is 1.19 bits per heavy atom. The number of carbonyl (C=O) groups is 2. The van der Waals surface area contributed by atoms with Crippen LogP contribution in [0.4, 0.5) is 5.69 Å². The number of amides is 2. The summed E-state index contributed by atoms with van der Waals surface area (Å²) in [5.41, 5.74) is 0.743. The van der Waals surface area contributed by atoms with Crippen molar-refractivity contribution in [1.82, 2.24) is 4.90 Å². The van der Waals surface area contributed by atoms with Gasteiger partial charge < -0.3 is 9.80 Å². The molecule has 112 valence electrons. The van der Waals surface area contributed by atoms with Crippen molar-refractivity contribution in [2.75, 3.05) is 18.0 Å². The summed E-state index contributed by atoms with van der Waals surface area (Å²) < 4.78 is 0.705. The lowest BCUT2D eigenvalue weighted by Gasteiger charge is -2.34. The molecule has 2 amide bonds. The highest BCUT2D eigenvalue weighted by Crippen LogP contribution is 2.35. The van der Waals surface area contributed by atoms with Crippen molar-refractivity contribution in [3.63, 3.8) is 0 Å². The summed E-state index contributed by atoms with van der Waals surface area (Å²) in [7, 11) is 0. The van der Waals surface area contributed by atoms with E-state index >= 15 is 0 Å². The lowest BCUT2D eigenvalue weighted by Crippen LogP contribution is -2.49. The Morgan fingerprint density at radius 3 is 2.81 bits per heavy atom. The van der Waals surface area contributed by atoms with E-state index in [-0.39, 0.29) is 17.9 Å². The topological polar surface area (TPSA) is 40.6 Å². The average molecular weight is 372 g/mol. The molecule has 2 saturated heterocycles. The molecule has 0 aromatic heterocycles. The van der Waals surface area contributed by atoms with Gasteiger partial charge in [0, 0.05) is 19.5 Å². The van der Waals surface area contributed by atoms with Crippen LogP contribution in [0.5, 0.6) is 0 Å². The van der Waals surface area contributed by atoms with E-state index < -0.39 is 0 Å². The maximum absolute atomic E-state index is 12.9. The molecular weight excluding hydrogens is 356 g/mol. The van der Waals surface area contributed by atoms with E-state index in [9.17, 15) is 9.59 Å². The first-order chi connectivity index (χ1) is 10.1. The molecule has 0 radical (unpaired) electrons. The van der Waals surface area contributed by atoms with E-state index in [1.165, 1.54) is 0 Å². The van der Waals surface area contributed by atoms with Gasteiger partial charge in [-0.25, -0.2) is 0 Å². The van der Waals surface area contributed by atoms with E-state index in [1.807, 2.05) is 12.1 Å². The van der Waals surface area contributed by atoms with Crippen LogP contribution in [0.15, 0.2) is 22.7 Å². The normalized spacial score (nSPS) is 23.0. The van der Waals surface area contributed by atoms with Crippen LogP contribution in [0, 0.1) is 0 Å². The van der Waals surface area contributed by atoms with Gasteiger partial charge in [0.2, 0.25) is 11.8 Å². The second-order valence-electron chi connectivity index (χ2n) is 5.41. The van der Waals surface area contributed by atoms with Crippen molar-refractivity contribution in [1.29, 1.82) is 0 Å². The first-order valence-corrected chi connectivity index (χ1v) is 8.31. The molecule has 1 aromatic carbocycles. The molecule has 1 aromatic rings. The van der Waals surface area contributed by atoms with Gasteiger partial charge in [-0.1, -0.05) is 17.7 Å². The van der Waals surface area contributed by atoms with Gasteiger partial charge in [0.1, 0.15) is 6.04 Å². The largest absolute Gasteiger partial charge is 0.331 e. The number of piperidine rings is 1. The Labute approximate surface area is 137 Å². The van der Waals surface area contributed by atoms with Crippen LogP contribution in [0.1, 0.15) is 25.7 Å². The third-order valence-electron chi connectivity index (χ3n) is 4.15. The van der Waals surface area contributed by atoms with Crippen LogP contribution in [0.2, 0.25) is 5.02 Å². The molecule has 21 heavy (non-hydrogen) atoms. The molecule has 0 aliphatic carbocycles. The highest BCUT2D eigenvalue weighted by molar-refractivity contribution is 9.10. The Kier molecular flexibility index (Phi) is 4.22. The summed E-state index contributed by atoms with van der Waals surface area (Å²) in [6, 6.07) is 5.13. The fourth-order valence-electron chi connectivity index (χ4n) is 3.07. The number of benzene rings is 1. The summed E-state index contributed by atoms with van der Waals surface area (Å²) in [5.74, 6) is 0.0808. The molecule has 0 saturated carbocycles. The summed E-state index contributed by atoms with van der Waals surface area (Å²) in [5, 5.41) is 0.566. The third kappa shape index (κ3) is 2.69. The van der Waals surface area contributed by atoms with Gasteiger partial charge in [-0.15, -0.1) is 0 Å². The van der Waals surface area contributed by atoms with Crippen LogP contribution in [-0.2, 0) is 9.59 Å². The predicted octanol–water partition coefficient (Wildman–Crippen LogP) is 3.22. The van der Waals surface area contributed by atoms with Gasteiger partial charge in [0.05, 0.1) is 15.2 Å². The first kappa shape index (κ1) is 14.9. The third-order valence-corrected chi connectivity index (χ3v) is 5.52. The van der Waals surface area contributed by atoms with E-state index in [1.54, 1.807) is 15.9 Å². The fraction of sp³-hybridized carbons (Fsp3) is 0.467. The van der Waals surface area contributed by atoms with Crippen LogP contribution in [0.25, 0.3) is 0 Å². The van der Waals surface area contributed by atoms with Gasteiger partial charge in [-0.2, -0.15) is 0 Å². The number of anilines is 1. The minimum Gasteiger partial charge on any atom is -0.331 e. The molecular formula is C15H16BrClN2O2. The molecule has 0 N–H and O–H groups in total. The summed E-state index contributed by atoms with van der Waals surface area (Å²) >= 11 is 9.57. The van der Waals surface area contributed by atoms with Crippen LogP contribution in [-0.4, -0.2) is 35.8 Å². The van der Waals surface area contributed by atoms with Gasteiger partial charge in [-0.3, -0.25) is 9.59 Å². The van der Waals surface area contributed by atoms with E-state index in [4.69, 9.17) is 11.6 Å². The Morgan fingerprint density at radius 2 is 2.00 bits per heavy atom. The number of hydrogen-bond acceptors (Lipinski definition) is 2. The number of rotatable bonds is 1. The lowest BCUT2D eigenvalue weighted by molar-refractivity contribution is -0.138. The summed E-state index contributed by atoms with van der Waals surface area (Å²) in [6.45, 7) is 1.10. The number of hydrogen-bond donors (Lipinski definition) is 0. The molecule has 2 aliphatic rings. The molecule has 2 fully saturated rings. The molecule has 3 rings (SSSR count). The van der Waals surface area contributed by atoms with Crippen LogP contribution in [0.3, 0.4) is 0 Å². The van der Waals surface area contributed by atoms with Crippen molar-refractivity contribution < 1.29 is 9.59 Å². The minimum absolute atomic E-state index is 0.00326. The second kappa shape index (κ2) is 5.97. The van der Waals surface area contributed by atoms with Crippen molar-refractivity contribution >= 4 is 45.0 Å². The zero-order valence-corrected chi connectivity index (χ0v) is 13.9. The maximum Gasteiger partial charge on any atom is 0.249 e. The fourth-order valence-corrected chi connectivity index (χ4v) is 3.72. The number of carbonyl (C=O) groups excluding carboxylic acids is 2. The van der Waals surface area contributed by atoms with Crippen LogP contribution < -0.4 is 4.90 Å². The molecule has 1 unspecified atom stereocenters. The zero-order valence-electron chi connectivity index (χ0n) is 11.5. The van der Waals surface area contributed by atoms with Gasteiger partial charge in [-0.05, 0) is 47.3 Å². The van der Waals surface area contributed by atoms with Crippen LogP contribution >= 0.6 is 27.5 Å².